The van der Waals surface area contributed by atoms with Crippen LogP contribution in [0.3, 0.4) is 0 Å². The molecule has 0 aliphatic carbocycles. The first kappa shape index (κ1) is 18.5. The third-order valence-electron chi connectivity index (χ3n) is 3.08. The maximum Gasteiger partial charge on any atom is 0.420 e. The molecular formula is C11H18F6O2. The van der Waals surface area contributed by atoms with Gasteiger partial charge in [0, 0.05) is 5.92 Å². The molecule has 0 aliphatic heterocycles. The van der Waals surface area contributed by atoms with Crippen molar-refractivity contribution >= 4 is 0 Å². The Balaban J connectivity index is 5.26. The molecule has 1 atom stereocenters. The van der Waals surface area contributed by atoms with E-state index in [2.05, 4.69) is 4.74 Å². The van der Waals surface area contributed by atoms with Crippen LogP contribution in [-0.4, -0.2) is 35.3 Å². The van der Waals surface area contributed by atoms with Crippen LogP contribution in [0.4, 0.5) is 26.3 Å². The summed E-state index contributed by atoms with van der Waals surface area (Å²) >= 11 is 0. The second kappa shape index (κ2) is 5.47. The highest BCUT2D eigenvalue weighted by Gasteiger charge is 2.65. The van der Waals surface area contributed by atoms with Gasteiger partial charge in [-0.3, -0.25) is 0 Å². The van der Waals surface area contributed by atoms with E-state index >= 15 is 0 Å². The Morgan fingerprint density at radius 1 is 1.05 bits per heavy atom. The third kappa shape index (κ3) is 3.53. The topological polar surface area (TPSA) is 29.5 Å². The predicted molar refractivity (Wildman–Crippen MR) is 56.5 cm³/mol. The smallest absolute Gasteiger partial charge is 0.390 e. The molecule has 0 fully saturated rings. The Labute approximate surface area is 107 Å². The number of aliphatic hydroxyl groups excluding tert-OH is 1. The Bertz CT molecular complexity index is 304. The zero-order chi connectivity index (χ0) is 15.7. The number of aliphatic hydroxyl groups is 1. The summed E-state index contributed by atoms with van der Waals surface area (Å²) in [7, 11) is 0. The standard InChI is InChI=1S/C11H18F6O2/c1-5-7(2)10(14,15)11(16,17)19-8(3,4)9(12,13)6-18/h7,18H,5-6H2,1-4H3. The molecule has 0 bridgehead atoms. The van der Waals surface area contributed by atoms with Crippen molar-refractivity contribution in [3.8, 4) is 0 Å². The van der Waals surface area contributed by atoms with E-state index in [9.17, 15) is 26.3 Å². The maximum absolute atomic E-state index is 13.4. The monoisotopic (exact) mass is 296 g/mol. The van der Waals surface area contributed by atoms with E-state index < -0.39 is 36.1 Å². The van der Waals surface area contributed by atoms with Gasteiger partial charge >= 0.3 is 12.0 Å². The lowest BCUT2D eigenvalue weighted by Crippen LogP contribution is -2.57. The number of halogens is 6. The minimum atomic E-state index is -5.06. The van der Waals surface area contributed by atoms with E-state index in [0.717, 1.165) is 6.92 Å². The highest BCUT2D eigenvalue weighted by Crippen LogP contribution is 2.46. The molecule has 0 amide bonds. The van der Waals surface area contributed by atoms with Crippen LogP contribution in [0.25, 0.3) is 0 Å². The van der Waals surface area contributed by atoms with Crippen molar-refractivity contribution in [2.75, 3.05) is 6.61 Å². The average Bonchev–Trinajstić information content (AvgIpc) is 2.25. The van der Waals surface area contributed by atoms with Gasteiger partial charge in [-0.1, -0.05) is 13.8 Å². The Hall–Kier alpha value is -0.500. The SMILES string of the molecule is CCC(C)C(F)(F)C(F)(F)OC(C)(C)C(F)(F)CO. The number of hydrogen-bond donors (Lipinski definition) is 1. The summed E-state index contributed by atoms with van der Waals surface area (Å²) in [4.78, 5) is 0. The molecule has 8 heteroatoms. The molecule has 1 N–H and O–H groups in total. The molecule has 0 heterocycles. The fourth-order valence-electron chi connectivity index (χ4n) is 1.20. The van der Waals surface area contributed by atoms with Crippen molar-refractivity contribution in [2.45, 2.75) is 57.7 Å². The first-order valence-electron chi connectivity index (χ1n) is 5.69. The molecule has 0 aromatic heterocycles. The highest BCUT2D eigenvalue weighted by molar-refractivity contribution is 4.91. The van der Waals surface area contributed by atoms with Crippen LogP contribution in [0.5, 0.6) is 0 Å². The lowest BCUT2D eigenvalue weighted by molar-refractivity contribution is -0.409. The lowest BCUT2D eigenvalue weighted by atomic mass is 9.97. The lowest BCUT2D eigenvalue weighted by Gasteiger charge is -2.39. The van der Waals surface area contributed by atoms with E-state index in [4.69, 9.17) is 5.11 Å². The van der Waals surface area contributed by atoms with E-state index in [1.54, 1.807) is 0 Å². The molecule has 0 spiro atoms. The summed E-state index contributed by atoms with van der Waals surface area (Å²) in [5.41, 5.74) is -2.94. The van der Waals surface area contributed by atoms with Crippen LogP contribution in [-0.2, 0) is 4.74 Å². The molecule has 2 nitrogen and oxygen atoms in total. The maximum atomic E-state index is 13.4. The van der Waals surface area contributed by atoms with Gasteiger partial charge in [0.05, 0.1) is 0 Å². The summed E-state index contributed by atoms with van der Waals surface area (Å²) in [5.74, 6) is -10.4. The molecule has 19 heavy (non-hydrogen) atoms. The van der Waals surface area contributed by atoms with Gasteiger partial charge < -0.3 is 9.84 Å². The van der Waals surface area contributed by atoms with Crippen LogP contribution >= 0.6 is 0 Å². The summed E-state index contributed by atoms with van der Waals surface area (Å²) in [6, 6.07) is 0. The molecule has 0 saturated heterocycles. The number of ether oxygens (including phenoxy) is 1. The fraction of sp³-hybridized carbons (Fsp3) is 1.00. The minimum Gasteiger partial charge on any atom is -0.390 e. The third-order valence-corrected chi connectivity index (χ3v) is 3.08. The van der Waals surface area contributed by atoms with Crippen molar-refractivity contribution in [3.05, 3.63) is 0 Å². The largest absolute Gasteiger partial charge is 0.420 e. The van der Waals surface area contributed by atoms with E-state index in [1.807, 2.05) is 0 Å². The fourth-order valence-corrected chi connectivity index (χ4v) is 1.20. The average molecular weight is 296 g/mol. The predicted octanol–water partition coefficient (Wildman–Crippen LogP) is 3.68. The van der Waals surface area contributed by atoms with Gasteiger partial charge in [-0.05, 0) is 20.3 Å². The zero-order valence-electron chi connectivity index (χ0n) is 11.1. The van der Waals surface area contributed by atoms with Crippen LogP contribution < -0.4 is 0 Å². The first-order valence-corrected chi connectivity index (χ1v) is 5.69. The molecule has 0 aliphatic rings. The van der Waals surface area contributed by atoms with Crippen LogP contribution in [0, 0.1) is 5.92 Å². The van der Waals surface area contributed by atoms with E-state index in [0.29, 0.717) is 13.8 Å². The normalized spacial score (nSPS) is 16.6. The van der Waals surface area contributed by atoms with Crippen LogP contribution in [0.15, 0.2) is 0 Å². The zero-order valence-corrected chi connectivity index (χ0v) is 11.1. The highest BCUT2D eigenvalue weighted by atomic mass is 19.3. The molecule has 1 unspecified atom stereocenters. The Morgan fingerprint density at radius 2 is 1.47 bits per heavy atom. The Kier molecular flexibility index (Phi) is 5.33. The quantitative estimate of drug-likeness (QED) is 0.726. The second-order valence-corrected chi connectivity index (χ2v) is 4.92. The van der Waals surface area contributed by atoms with Gasteiger partial charge in [-0.2, -0.15) is 17.6 Å². The van der Waals surface area contributed by atoms with Gasteiger partial charge in [0.2, 0.25) is 0 Å². The summed E-state index contributed by atoms with van der Waals surface area (Å²) < 4.78 is 83.7. The van der Waals surface area contributed by atoms with Crippen molar-refractivity contribution < 1.29 is 36.2 Å². The minimum absolute atomic E-state index is 0.275. The van der Waals surface area contributed by atoms with Gasteiger partial charge in [-0.25, -0.2) is 8.78 Å². The van der Waals surface area contributed by atoms with Gasteiger partial charge in [0.15, 0.2) is 0 Å². The van der Waals surface area contributed by atoms with Gasteiger partial charge in [-0.15, -0.1) is 0 Å². The molecular weight excluding hydrogens is 278 g/mol. The van der Waals surface area contributed by atoms with E-state index in [1.165, 1.54) is 6.92 Å². The number of alkyl halides is 6. The molecule has 0 aromatic rings. The summed E-state index contributed by atoms with van der Waals surface area (Å²) in [6.45, 7) is 1.38. The van der Waals surface area contributed by atoms with Crippen molar-refractivity contribution in [1.29, 1.82) is 0 Å². The molecule has 0 aromatic carbocycles. The first-order chi connectivity index (χ1) is 8.25. The van der Waals surface area contributed by atoms with Crippen LogP contribution in [0.2, 0.25) is 0 Å². The van der Waals surface area contributed by atoms with E-state index in [-0.39, 0.29) is 6.42 Å². The summed E-state index contributed by atoms with van der Waals surface area (Å²) in [5, 5.41) is 8.42. The Morgan fingerprint density at radius 3 is 1.79 bits per heavy atom. The molecule has 0 rings (SSSR count). The summed E-state index contributed by atoms with van der Waals surface area (Å²) in [6.07, 6.45) is -5.34. The van der Waals surface area contributed by atoms with Crippen molar-refractivity contribution in [2.24, 2.45) is 5.92 Å². The van der Waals surface area contributed by atoms with Crippen LogP contribution in [0.1, 0.15) is 34.1 Å². The van der Waals surface area contributed by atoms with Crippen molar-refractivity contribution in [1.82, 2.24) is 0 Å². The second-order valence-electron chi connectivity index (χ2n) is 4.92. The number of hydrogen-bond acceptors (Lipinski definition) is 2. The molecule has 0 saturated carbocycles. The van der Waals surface area contributed by atoms with Crippen molar-refractivity contribution in [3.63, 3.8) is 0 Å². The number of rotatable bonds is 7. The molecule has 116 valence electrons. The van der Waals surface area contributed by atoms with Gasteiger partial charge in [0.25, 0.3) is 5.92 Å². The molecule has 0 radical (unpaired) electrons. The van der Waals surface area contributed by atoms with Gasteiger partial charge in [0.1, 0.15) is 12.2 Å².